The third-order valence-electron chi connectivity index (χ3n) is 2.00. The van der Waals surface area contributed by atoms with E-state index in [0.717, 1.165) is 0 Å². The van der Waals surface area contributed by atoms with Crippen LogP contribution < -0.4 is 0 Å². The average molecular weight is 178 g/mol. The topological polar surface area (TPSA) is 52.5 Å². The molecule has 0 amide bonds. The third kappa shape index (κ3) is 2.63. The Morgan fingerprint density at radius 1 is 1.55 bits per heavy atom. The maximum atomic E-state index is 10.9. The van der Waals surface area contributed by atoms with E-state index >= 15 is 0 Å². The molecule has 1 heterocycles. The lowest BCUT2D eigenvalue weighted by Crippen LogP contribution is -2.42. The number of ether oxygens (including phenoxy) is 1. The Kier molecular flexibility index (Phi) is 3.18. The minimum absolute atomic E-state index is 0.365. The van der Waals surface area contributed by atoms with Crippen LogP contribution >= 0.6 is 0 Å². The molecule has 0 aromatic heterocycles. The van der Waals surface area contributed by atoms with Crippen LogP contribution in [0, 0.1) is 0 Å². The molecule has 0 aromatic carbocycles. The summed E-state index contributed by atoms with van der Waals surface area (Å²) in [6, 6.07) is 0. The van der Waals surface area contributed by atoms with Crippen LogP contribution in [0.3, 0.4) is 0 Å². The standard InChI is InChI=1S/C7H14O3S/c1-10-6-7(8)2-4-11(9)5-3-7/h8H,2-6H2,1H3. The zero-order valence-electron chi connectivity index (χ0n) is 6.71. The smallest absolute Gasteiger partial charge is 0.108 e. The van der Waals surface area contributed by atoms with E-state index in [1.807, 2.05) is 0 Å². The van der Waals surface area contributed by atoms with Gasteiger partial charge in [-0.3, -0.25) is 0 Å². The summed E-state index contributed by atoms with van der Waals surface area (Å²) in [5.74, 6) is 1.22. The van der Waals surface area contributed by atoms with Crippen molar-refractivity contribution in [3.63, 3.8) is 0 Å². The van der Waals surface area contributed by atoms with Gasteiger partial charge in [-0.15, -0.1) is 0 Å². The normalized spacial score (nSPS) is 39.0. The Balaban J connectivity index is 2.35. The van der Waals surface area contributed by atoms with E-state index in [1.54, 1.807) is 7.11 Å². The first kappa shape index (κ1) is 9.32. The highest BCUT2D eigenvalue weighted by Crippen LogP contribution is 2.23. The Morgan fingerprint density at radius 2 is 2.09 bits per heavy atom. The summed E-state index contributed by atoms with van der Waals surface area (Å²) >= 11 is -0.706. The lowest BCUT2D eigenvalue weighted by Gasteiger charge is -2.31. The zero-order chi connectivity index (χ0) is 8.32. The number of methoxy groups -OCH3 is 1. The van der Waals surface area contributed by atoms with Crippen molar-refractivity contribution in [2.45, 2.75) is 18.4 Å². The van der Waals surface area contributed by atoms with Crippen LogP contribution in [0.25, 0.3) is 0 Å². The second-order valence-electron chi connectivity index (χ2n) is 3.01. The number of hydrogen-bond donors (Lipinski definition) is 1. The summed E-state index contributed by atoms with van der Waals surface area (Å²) in [6.45, 7) is 0.365. The van der Waals surface area contributed by atoms with Gasteiger partial charge in [-0.25, -0.2) is 0 Å². The molecule has 0 bridgehead atoms. The predicted molar refractivity (Wildman–Crippen MR) is 43.9 cm³/mol. The van der Waals surface area contributed by atoms with Crippen molar-refractivity contribution in [1.82, 2.24) is 0 Å². The second kappa shape index (κ2) is 3.76. The Hall–Kier alpha value is 0.230. The number of hydrogen-bond acceptors (Lipinski definition) is 3. The van der Waals surface area contributed by atoms with Gasteiger partial charge in [0.25, 0.3) is 0 Å². The van der Waals surface area contributed by atoms with Crippen molar-refractivity contribution in [2.75, 3.05) is 25.2 Å². The summed E-state index contributed by atoms with van der Waals surface area (Å²) < 4.78 is 15.8. The first-order valence-electron chi connectivity index (χ1n) is 3.73. The van der Waals surface area contributed by atoms with Gasteiger partial charge in [-0.2, -0.15) is 0 Å². The third-order valence-corrected chi connectivity index (χ3v) is 3.32. The molecule has 0 aliphatic carbocycles. The molecule has 1 aliphatic rings. The lowest BCUT2D eigenvalue weighted by molar-refractivity contribution is -0.0375. The van der Waals surface area contributed by atoms with Crippen molar-refractivity contribution < 1.29 is 14.4 Å². The molecule has 0 atom stereocenters. The maximum absolute atomic E-state index is 10.9. The van der Waals surface area contributed by atoms with Gasteiger partial charge < -0.3 is 14.4 Å². The van der Waals surface area contributed by atoms with Gasteiger partial charge in [0.1, 0.15) is 11.5 Å². The summed E-state index contributed by atoms with van der Waals surface area (Å²) in [5.41, 5.74) is -0.706. The van der Waals surface area contributed by atoms with Gasteiger partial charge in [0.15, 0.2) is 0 Å². The molecular weight excluding hydrogens is 164 g/mol. The molecule has 0 spiro atoms. The molecule has 0 aromatic rings. The zero-order valence-corrected chi connectivity index (χ0v) is 7.52. The highest BCUT2D eigenvalue weighted by Gasteiger charge is 2.34. The number of aliphatic hydroxyl groups is 1. The fourth-order valence-electron chi connectivity index (χ4n) is 1.25. The Morgan fingerprint density at radius 3 is 2.55 bits per heavy atom. The highest BCUT2D eigenvalue weighted by molar-refractivity contribution is 7.91. The molecule has 1 saturated heterocycles. The van der Waals surface area contributed by atoms with Crippen molar-refractivity contribution in [3.8, 4) is 0 Å². The fourth-order valence-corrected chi connectivity index (χ4v) is 2.67. The van der Waals surface area contributed by atoms with Gasteiger partial charge in [0, 0.05) is 20.0 Å². The van der Waals surface area contributed by atoms with Crippen molar-refractivity contribution in [2.24, 2.45) is 0 Å². The molecular formula is C7H14O3S. The monoisotopic (exact) mass is 178 g/mol. The van der Waals surface area contributed by atoms with E-state index in [-0.39, 0.29) is 0 Å². The van der Waals surface area contributed by atoms with Crippen LogP contribution in [0.4, 0.5) is 0 Å². The Labute approximate surface area is 69.9 Å². The molecule has 0 unspecified atom stereocenters. The number of rotatable bonds is 2. The summed E-state index contributed by atoms with van der Waals surface area (Å²) in [6.07, 6.45) is 1.21. The van der Waals surface area contributed by atoms with Gasteiger partial charge in [-0.1, -0.05) is 11.2 Å². The molecule has 0 radical (unpaired) electrons. The average Bonchev–Trinajstić information content (AvgIpc) is 1.97. The van der Waals surface area contributed by atoms with Crippen LogP contribution in [0.15, 0.2) is 0 Å². The molecule has 1 fully saturated rings. The van der Waals surface area contributed by atoms with E-state index in [4.69, 9.17) is 4.74 Å². The van der Waals surface area contributed by atoms with Gasteiger partial charge >= 0.3 is 0 Å². The Bertz CT molecular complexity index is 121. The van der Waals surface area contributed by atoms with Crippen LogP contribution in [0.5, 0.6) is 0 Å². The predicted octanol–water partition coefficient (Wildman–Crippen LogP) is -0.0936. The van der Waals surface area contributed by atoms with Crippen LogP contribution in [0.1, 0.15) is 12.8 Å². The van der Waals surface area contributed by atoms with E-state index in [1.165, 1.54) is 0 Å². The SMILES string of the molecule is COCC1(O)CC[S+]([O-])CC1. The molecule has 0 saturated carbocycles. The first-order valence-corrected chi connectivity index (χ1v) is 5.21. The first-order chi connectivity index (χ1) is 5.16. The van der Waals surface area contributed by atoms with E-state index < -0.39 is 16.8 Å². The summed E-state index contributed by atoms with van der Waals surface area (Å²) in [7, 11) is 1.57. The fraction of sp³-hybridized carbons (Fsp3) is 1.00. The molecule has 1 N–H and O–H groups in total. The summed E-state index contributed by atoms with van der Waals surface area (Å²) in [5, 5.41) is 9.73. The minimum atomic E-state index is -0.706. The van der Waals surface area contributed by atoms with Gasteiger partial charge in [-0.05, 0) is 0 Å². The van der Waals surface area contributed by atoms with E-state index in [9.17, 15) is 9.66 Å². The molecule has 4 heteroatoms. The molecule has 66 valence electrons. The van der Waals surface area contributed by atoms with Crippen molar-refractivity contribution >= 4 is 11.2 Å². The second-order valence-corrected chi connectivity index (χ2v) is 4.70. The molecule has 3 nitrogen and oxygen atoms in total. The van der Waals surface area contributed by atoms with Gasteiger partial charge in [0.2, 0.25) is 0 Å². The van der Waals surface area contributed by atoms with Crippen LogP contribution in [0.2, 0.25) is 0 Å². The quantitative estimate of drug-likeness (QED) is 0.601. The summed E-state index contributed by atoms with van der Waals surface area (Å²) in [4.78, 5) is 0. The van der Waals surface area contributed by atoms with Crippen LogP contribution in [-0.2, 0) is 15.9 Å². The highest BCUT2D eigenvalue weighted by atomic mass is 32.2. The lowest BCUT2D eigenvalue weighted by atomic mass is 9.98. The molecule has 1 rings (SSSR count). The molecule has 1 aliphatic heterocycles. The van der Waals surface area contributed by atoms with E-state index in [2.05, 4.69) is 0 Å². The minimum Gasteiger partial charge on any atom is -0.616 e. The maximum Gasteiger partial charge on any atom is 0.108 e. The van der Waals surface area contributed by atoms with Crippen LogP contribution in [-0.4, -0.2) is 40.5 Å². The molecule has 11 heavy (non-hydrogen) atoms. The van der Waals surface area contributed by atoms with Crippen molar-refractivity contribution in [3.05, 3.63) is 0 Å². The van der Waals surface area contributed by atoms with Crippen molar-refractivity contribution in [1.29, 1.82) is 0 Å². The van der Waals surface area contributed by atoms with Gasteiger partial charge in [0.05, 0.1) is 12.2 Å². The largest absolute Gasteiger partial charge is 0.616 e. The van der Waals surface area contributed by atoms with E-state index in [0.29, 0.717) is 31.0 Å².